The number of anilines is 2. The van der Waals surface area contributed by atoms with Gasteiger partial charge in [0.2, 0.25) is 0 Å². The molecule has 0 aromatic heterocycles. The first-order chi connectivity index (χ1) is 11.7. The Morgan fingerprint density at radius 3 is 2.17 bits per heavy atom. The van der Waals surface area contributed by atoms with E-state index in [1.165, 1.54) is 0 Å². The second-order valence-electron chi connectivity index (χ2n) is 5.47. The van der Waals surface area contributed by atoms with Crippen molar-refractivity contribution < 1.29 is 4.74 Å². The minimum absolute atomic E-state index is 0.565. The Hall–Kier alpha value is -3.20. The molecule has 3 aromatic rings. The zero-order valence-electron chi connectivity index (χ0n) is 13.6. The molecule has 0 fully saturated rings. The quantitative estimate of drug-likeness (QED) is 0.542. The molecular weight excluding hydrogens is 296 g/mol. The summed E-state index contributed by atoms with van der Waals surface area (Å²) in [7, 11) is 1.65. The fourth-order valence-electron chi connectivity index (χ4n) is 2.65. The van der Waals surface area contributed by atoms with Crippen LogP contribution in [-0.2, 0) is 0 Å². The van der Waals surface area contributed by atoms with Gasteiger partial charge in [-0.1, -0.05) is 72.8 Å². The largest absolute Gasteiger partial charge is 0.496 e. The molecule has 3 heteroatoms. The SMILES string of the molecule is COc1ccccc1-c1ccc(C=Cc2ccccc2)c(N)c1N. The minimum atomic E-state index is 0.565. The summed E-state index contributed by atoms with van der Waals surface area (Å²) in [6, 6.07) is 21.8. The standard InChI is InChI=1S/C21H20N2O/c1-24-19-10-6-5-9-17(19)18-14-13-16(20(22)21(18)23)12-11-15-7-3-2-4-8-15/h2-14H,22-23H2,1H3. The zero-order chi connectivity index (χ0) is 16.9. The normalized spacial score (nSPS) is 10.9. The highest BCUT2D eigenvalue weighted by Crippen LogP contribution is 2.37. The molecule has 0 amide bonds. The third-order valence-electron chi connectivity index (χ3n) is 3.97. The van der Waals surface area contributed by atoms with Gasteiger partial charge in [0.15, 0.2) is 0 Å². The van der Waals surface area contributed by atoms with Crippen LogP contribution in [0.5, 0.6) is 5.75 Å². The fraction of sp³-hybridized carbons (Fsp3) is 0.0476. The molecule has 0 radical (unpaired) electrons. The van der Waals surface area contributed by atoms with Crippen LogP contribution in [0.1, 0.15) is 11.1 Å². The zero-order valence-corrected chi connectivity index (χ0v) is 13.6. The summed E-state index contributed by atoms with van der Waals surface area (Å²) in [4.78, 5) is 0. The van der Waals surface area contributed by atoms with E-state index in [1.54, 1.807) is 7.11 Å². The predicted octanol–water partition coefficient (Wildman–Crippen LogP) is 4.70. The second-order valence-corrected chi connectivity index (χ2v) is 5.47. The van der Waals surface area contributed by atoms with Gasteiger partial charge in [-0.15, -0.1) is 0 Å². The van der Waals surface area contributed by atoms with Crippen LogP contribution in [-0.4, -0.2) is 7.11 Å². The average Bonchev–Trinajstić information content (AvgIpc) is 2.64. The van der Waals surface area contributed by atoms with E-state index in [4.69, 9.17) is 16.2 Å². The molecule has 0 unspecified atom stereocenters. The van der Waals surface area contributed by atoms with E-state index >= 15 is 0 Å². The smallest absolute Gasteiger partial charge is 0.126 e. The highest BCUT2D eigenvalue weighted by atomic mass is 16.5. The number of benzene rings is 3. The number of methoxy groups -OCH3 is 1. The van der Waals surface area contributed by atoms with Crippen molar-refractivity contribution >= 4 is 23.5 Å². The van der Waals surface area contributed by atoms with Gasteiger partial charge in [-0.2, -0.15) is 0 Å². The summed E-state index contributed by atoms with van der Waals surface area (Å²) >= 11 is 0. The van der Waals surface area contributed by atoms with E-state index in [0.29, 0.717) is 11.4 Å². The Labute approximate surface area is 142 Å². The molecular formula is C21H20N2O. The van der Waals surface area contributed by atoms with Crippen LogP contribution in [0.2, 0.25) is 0 Å². The molecule has 4 N–H and O–H groups in total. The van der Waals surface area contributed by atoms with E-state index in [9.17, 15) is 0 Å². The number of para-hydroxylation sites is 1. The predicted molar refractivity (Wildman–Crippen MR) is 103 cm³/mol. The lowest BCUT2D eigenvalue weighted by atomic mass is 9.98. The number of hydrogen-bond donors (Lipinski definition) is 2. The Balaban J connectivity index is 1.99. The molecule has 0 aliphatic carbocycles. The first kappa shape index (κ1) is 15.7. The summed E-state index contributed by atoms with van der Waals surface area (Å²) in [6.07, 6.45) is 4.00. The van der Waals surface area contributed by atoms with Gasteiger partial charge in [0.05, 0.1) is 18.5 Å². The number of nitrogen functional groups attached to an aromatic ring is 2. The van der Waals surface area contributed by atoms with Crippen molar-refractivity contribution in [3.63, 3.8) is 0 Å². The van der Waals surface area contributed by atoms with Crippen LogP contribution in [0.25, 0.3) is 23.3 Å². The summed E-state index contributed by atoms with van der Waals surface area (Å²) in [5.74, 6) is 0.774. The average molecular weight is 316 g/mol. The van der Waals surface area contributed by atoms with Crippen molar-refractivity contribution in [2.24, 2.45) is 0 Å². The van der Waals surface area contributed by atoms with E-state index < -0.39 is 0 Å². The molecule has 3 aromatic carbocycles. The van der Waals surface area contributed by atoms with Gasteiger partial charge >= 0.3 is 0 Å². The van der Waals surface area contributed by atoms with Crippen LogP contribution in [0.4, 0.5) is 11.4 Å². The molecule has 3 nitrogen and oxygen atoms in total. The van der Waals surface area contributed by atoms with Crippen molar-refractivity contribution in [2.75, 3.05) is 18.6 Å². The lowest BCUT2D eigenvalue weighted by molar-refractivity contribution is 0.416. The Morgan fingerprint density at radius 1 is 0.708 bits per heavy atom. The number of hydrogen-bond acceptors (Lipinski definition) is 3. The third kappa shape index (κ3) is 3.10. The molecule has 0 heterocycles. The lowest BCUT2D eigenvalue weighted by Gasteiger charge is -2.14. The highest BCUT2D eigenvalue weighted by Gasteiger charge is 2.12. The molecule has 3 rings (SSSR count). The molecule has 0 saturated carbocycles. The maximum absolute atomic E-state index is 6.29. The minimum Gasteiger partial charge on any atom is -0.496 e. The number of rotatable bonds is 4. The van der Waals surface area contributed by atoms with E-state index in [0.717, 1.165) is 28.0 Å². The van der Waals surface area contributed by atoms with Crippen molar-refractivity contribution in [3.8, 4) is 16.9 Å². The van der Waals surface area contributed by atoms with E-state index in [1.807, 2.05) is 78.9 Å². The van der Waals surface area contributed by atoms with Crippen LogP contribution in [0, 0.1) is 0 Å². The van der Waals surface area contributed by atoms with Gasteiger partial charge in [0.1, 0.15) is 5.75 Å². The Morgan fingerprint density at radius 2 is 1.42 bits per heavy atom. The topological polar surface area (TPSA) is 61.3 Å². The Bertz CT molecular complexity index is 870. The Kier molecular flexibility index (Phi) is 4.52. The summed E-state index contributed by atoms with van der Waals surface area (Å²) in [6.45, 7) is 0. The first-order valence-corrected chi connectivity index (χ1v) is 7.75. The fourth-order valence-corrected chi connectivity index (χ4v) is 2.65. The van der Waals surface area contributed by atoms with Crippen molar-refractivity contribution in [1.82, 2.24) is 0 Å². The monoisotopic (exact) mass is 316 g/mol. The lowest BCUT2D eigenvalue weighted by Crippen LogP contribution is -2.00. The molecule has 0 aliphatic heterocycles. The molecule has 0 aliphatic rings. The van der Waals surface area contributed by atoms with Crippen LogP contribution < -0.4 is 16.2 Å². The van der Waals surface area contributed by atoms with E-state index in [-0.39, 0.29) is 0 Å². The highest BCUT2D eigenvalue weighted by molar-refractivity contribution is 5.92. The van der Waals surface area contributed by atoms with Gasteiger partial charge in [0, 0.05) is 11.1 Å². The number of ether oxygens (including phenoxy) is 1. The maximum atomic E-state index is 6.29. The van der Waals surface area contributed by atoms with Crippen molar-refractivity contribution in [2.45, 2.75) is 0 Å². The van der Waals surface area contributed by atoms with Gasteiger partial charge in [0.25, 0.3) is 0 Å². The molecule has 120 valence electrons. The van der Waals surface area contributed by atoms with Crippen LogP contribution >= 0.6 is 0 Å². The van der Waals surface area contributed by atoms with Gasteiger partial charge in [-0.25, -0.2) is 0 Å². The van der Waals surface area contributed by atoms with Gasteiger partial charge in [-0.3, -0.25) is 0 Å². The molecule has 24 heavy (non-hydrogen) atoms. The molecule has 0 atom stereocenters. The molecule has 0 bridgehead atoms. The van der Waals surface area contributed by atoms with E-state index in [2.05, 4.69) is 0 Å². The maximum Gasteiger partial charge on any atom is 0.126 e. The van der Waals surface area contributed by atoms with Gasteiger partial charge < -0.3 is 16.2 Å². The first-order valence-electron chi connectivity index (χ1n) is 7.75. The third-order valence-corrected chi connectivity index (χ3v) is 3.97. The second kappa shape index (κ2) is 6.92. The van der Waals surface area contributed by atoms with Crippen molar-refractivity contribution in [3.05, 3.63) is 77.9 Å². The summed E-state index contributed by atoms with van der Waals surface area (Å²) in [5.41, 5.74) is 17.5. The summed E-state index contributed by atoms with van der Waals surface area (Å²) in [5, 5.41) is 0. The van der Waals surface area contributed by atoms with Crippen LogP contribution in [0.15, 0.2) is 66.7 Å². The molecule has 0 saturated heterocycles. The summed E-state index contributed by atoms with van der Waals surface area (Å²) < 4.78 is 5.42. The number of nitrogens with two attached hydrogens (primary N) is 2. The molecule has 0 spiro atoms. The van der Waals surface area contributed by atoms with Crippen molar-refractivity contribution in [1.29, 1.82) is 0 Å². The van der Waals surface area contributed by atoms with Crippen LogP contribution in [0.3, 0.4) is 0 Å². The van der Waals surface area contributed by atoms with Gasteiger partial charge in [-0.05, 0) is 17.2 Å².